The molecule has 1 aromatic rings. The number of benzene rings is 1. The van der Waals surface area contributed by atoms with Crippen molar-refractivity contribution in [2.45, 2.75) is 39.7 Å². The number of carbonyl (C=O) groups is 2. The molecule has 0 unspecified atom stereocenters. The number of carbonyl (C=O) groups excluding carboxylic acids is 1. The molecule has 0 saturated heterocycles. The van der Waals surface area contributed by atoms with Crippen molar-refractivity contribution in [2.75, 3.05) is 6.61 Å². The average Bonchev–Trinajstić information content (AvgIpc) is 2.36. The maximum Gasteiger partial charge on any atom is 0.339 e. The van der Waals surface area contributed by atoms with E-state index in [9.17, 15) is 9.59 Å². The highest BCUT2D eigenvalue weighted by molar-refractivity contribution is 5.91. The van der Waals surface area contributed by atoms with Gasteiger partial charge in [-0.15, -0.1) is 0 Å². The Morgan fingerprint density at radius 2 is 2.00 bits per heavy atom. The van der Waals surface area contributed by atoms with Gasteiger partial charge in [0.2, 0.25) is 0 Å². The van der Waals surface area contributed by atoms with Gasteiger partial charge in [0.1, 0.15) is 11.3 Å². The molecule has 0 radical (unpaired) electrons. The largest absolute Gasteiger partial charge is 0.483 e. The molecule has 0 saturated carbocycles. The van der Waals surface area contributed by atoms with Gasteiger partial charge < -0.3 is 15.2 Å². The molecule has 0 bridgehead atoms. The number of hydrogen-bond donors (Lipinski definition) is 2. The zero-order chi connectivity index (χ0) is 15.3. The third-order valence-electron chi connectivity index (χ3n) is 3.09. The van der Waals surface area contributed by atoms with E-state index in [4.69, 9.17) is 9.84 Å². The molecule has 20 heavy (non-hydrogen) atoms. The Kier molecular flexibility index (Phi) is 5.13. The molecule has 0 fully saturated rings. The molecular weight excluding hydrogens is 258 g/mol. The molecular formula is C15H21NO4. The van der Waals surface area contributed by atoms with E-state index in [0.29, 0.717) is 0 Å². The summed E-state index contributed by atoms with van der Waals surface area (Å²) in [6.45, 7) is 7.40. The standard InChI is InChI=1S/C15H21NO4/c1-5-15(3,4)16-13(17)9-20-12-7-6-10(2)8-11(12)14(18)19/h6-8H,5,9H2,1-4H3,(H,16,17)(H,18,19). The summed E-state index contributed by atoms with van der Waals surface area (Å²) >= 11 is 0. The fraction of sp³-hybridized carbons (Fsp3) is 0.467. The van der Waals surface area contributed by atoms with Gasteiger partial charge in [0.15, 0.2) is 6.61 Å². The van der Waals surface area contributed by atoms with E-state index in [1.54, 1.807) is 19.1 Å². The summed E-state index contributed by atoms with van der Waals surface area (Å²) in [5.41, 5.74) is 0.586. The number of hydrogen-bond acceptors (Lipinski definition) is 3. The van der Waals surface area contributed by atoms with E-state index in [1.165, 1.54) is 6.07 Å². The van der Waals surface area contributed by atoms with E-state index in [1.807, 2.05) is 20.8 Å². The van der Waals surface area contributed by atoms with Crippen LogP contribution in [0, 0.1) is 6.92 Å². The molecule has 0 aromatic heterocycles. The highest BCUT2D eigenvalue weighted by Gasteiger charge is 2.19. The minimum Gasteiger partial charge on any atom is -0.483 e. The molecule has 1 aromatic carbocycles. The fourth-order valence-corrected chi connectivity index (χ4v) is 1.58. The van der Waals surface area contributed by atoms with E-state index in [-0.39, 0.29) is 29.4 Å². The Morgan fingerprint density at radius 3 is 2.55 bits per heavy atom. The van der Waals surface area contributed by atoms with Crippen LogP contribution in [0.25, 0.3) is 0 Å². The lowest BCUT2D eigenvalue weighted by Gasteiger charge is -2.24. The molecule has 0 heterocycles. The minimum absolute atomic E-state index is 0.0625. The van der Waals surface area contributed by atoms with Gasteiger partial charge >= 0.3 is 5.97 Å². The summed E-state index contributed by atoms with van der Waals surface area (Å²) in [5.74, 6) is -1.14. The van der Waals surface area contributed by atoms with Gasteiger partial charge in [-0.2, -0.15) is 0 Å². The van der Waals surface area contributed by atoms with Crippen LogP contribution in [0.5, 0.6) is 5.75 Å². The summed E-state index contributed by atoms with van der Waals surface area (Å²) in [6.07, 6.45) is 0.795. The first-order valence-electron chi connectivity index (χ1n) is 6.53. The molecule has 0 aliphatic heterocycles. The van der Waals surface area contributed by atoms with Gasteiger partial charge in [0, 0.05) is 5.54 Å². The van der Waals surface area contributed by atoms with Crippen molar-refractivity contribution >= 4 is 11.9 Å². The Morgan fingerprint density at radius 1 is 1.35 bits per heavy atom. The maximum atomic E-state index is 11.8. The second-order valence-electron chi connectivity index (χ2n) is 5.38. The molecule has 0 atom stereocenters. The highest BCUT2D eigenvalue weighted by atomic mass is 16.5. The number of rotatable bonds is 6. The lowest BCUT2D eigenvalue weighted by Crippen LogP contribution is -2.44. The predicted octanol–water partition coefficient (Wildman–Crippen LogP) is 2.38. The Bertz CT molecular complexity index is 509. The van der Waals surface area contributed by atoms with Crippen LogP contribution >= 0.6 is 0 Å². The van der Waals surface area contributed by atoms with E-state index in [0.717, 1.165) is 12.0 Å². The first kappa shape index (κ1) is 16.0. The number of aryl methyl sites for hydroxylation is 1. The van der Waals surface area contributed by atoms with Crippen LogP contribution in [0.15, 0.2) is 18.2 Å². The quantitative estimate of drug-likeness (QED) is 0.838. The van der Waals surface area contributed by atoms with Crippen molar-refractivity contribution in [1.82, 2.24) is 5.32 Å². The lowest BCUT2D eigenvalue weighted by molar-refractivity contribution is -0.124. The van der Waals surface area contributed by atoms with Crippen LogP contribution < -0.4 is 10.1 Å². The Labute approximate surface area is 118 Å². The molecule has 0 aliphatic carbocycles. The van der Waals surface area contributed by atoms with Crippen molar-refractivity contribution in [3.8, 4) is 5.75 Å². The number of carboxylic acids is 1. The fourth-order valence-electron chi connectivity index (χ4n) is 1.58. The van der Waals surface area contributed by atoms with Gasteiger partial charge in [-0.05, 0) is 39.3 Å². The summed E-state index contributed by atoms with van der Waals surface area (Å²) in [5, 5.41) is 11.9. The molecule has 0 aliphatic rings. The molecule has 1 amide bonds. The van der Waals surface area contributed by atoms with Gasteiger partial charge in [-0.25, -0.2) is 4.79 Å². The first-order chi connectivity index (χ1) is 9.25. The summed E-state index contributed by atoms with van der Waals surface area (Å²) in [6, 6.07) is 4.83. The lowest BCUT2D eigenvalue weighted by atomic mass is 10.0. The second-order valence-corrected chi connectivity index (χ2v) is 5.38. The van der Waals surface area contributed by atoms with Crippen LogP contribution in [0.3, 0.4) is 0 Å². The summed E-state index contributed by atoms with van der Waals surface area (Å²) < 4.78 is 5.31. The first-order valence-corrected chi connectivity index (χ1v) is 6.53. The van der Waals surface area contributed by atoms with Crippen molar-refractivity contribution in [1.29, 1.82) is 0 Å². The number of ether oxygens (including phenoxy) is 1. The van der Waals surface area contributed by atoms with Crippen LogP contribution in [0.4, 0.5) is 0 Å². The monoisotopic (exact) mass is 279 g/mol. The normalized spacial score (nSPS) is 11.0. The summed E-state index contributed by atoms with van der Waals surface area (Å²) in [4.78, 5) is 22.9. The summed E-state index contributed by atoms with van der Waals surface area (Å²) in [7, 11) is 0. The van der Waals surface area contributed by atoms with Gasteiger partial charge in [0.05, 0.1) is 0 Å². The average molecular weight is 279 g/mol. The Balaban J connectivity index is 2.71. The van der Waals surface area contributed by atoms with Crippen LogP contribution in [-0.4, -0.2) is 29.1 Å². The van der Waals surface area contributed by atoms with Crippen LogP contribution in [0.1, 0.15) is 43.1 Å². The SMILES string of the molecule is CCC(C)(C)NC(=O)COc1ccc(C)cc1C(=O)O. The molecule has 110 valence electrons. The molecule has 2 N–H and O–H groups in total. The molecule has 5 heteroatoms. The van der Waals surface area contributed by atoms with Crippen molar-refractivity contribution < 1.29 is 19.4 Å². The van der Waals surface area contributed by atoms with Crippen molar-refractivity contribution in [3.05, 3.63) is 29.3 Å². The number of amides is 1. The zero-order valence-corrected chi connectivity index (χ0v) is 12.3. The molecule has 1 rings (SSSR count). The third kappa shape index (κ3) is 4.57. The van der Waals surface area contributed by atoms with Gasteiger partial charge in [-0.3, -0.25) is 4.79 Å². The van der Waals surface area contributed by atoms with E-state index in [2.05, 4.69) is 5.32 Å². The molecule has 5 nitrogen and oxygen atoms in total. The van der Waals surface area contributed by atoms with Crippen molar-refractivity contribution in [2.24, 2.45) is 0 Å². The topological polar surface area (TPSA) is 75.6 Å². The van der Waals surface area contributed by atoms with Crippen LogP contribution in [0.2, 0.25) is 0 Å². The minimum atomic E-state index is -1.07. The number of nitrogens with one attached hydrogen (secondary N) is 1. The predicted molar refractivity (Wildman–Crippen MR) is 76.1 cm³/mol. The zero-order valence-electron chi connectivity index (χ0n) is 12.3. The smallest absolute Gasteiger partial charge is 0.339 e. The van der Waals surface area contributed by atoms with Crippen molar-refractivity contribution in [3.63, 3.8) is 0 Å². The number of aromatic carboxylic acids is 1. The van der Waals surface area contributed by atoms with Crippen LogP contribution in [-0.2, 0) is 4.79 Å². The second kappa shape index (κ2) is 6.41. The number of carboxylic acid groups (broad SMARTS) is 1. The van der Waals surface area contributed by atoms with E-state index < -0.39 is 5.97 Å². The van der Waals surface area contributed by atoms with E-state index >= 15 is 0 Å². The molecule has 0 spiro atoms. The Hall–Kier alpha value is -2.04. The maximum absolute atomic E-state index is 11.8. The van der Waals surface area contributed by atoms with Gasteiger partial charge in [0.25, 0.3) is 5.91 Å². The third-order valence-corrected chi connectivity index (χ3v) is 3.09. The van der Waals surface area contributed by atoms with Gasteiger partial charge in [-0.1, -0.05) is 18.6 Å². The highest BCUT2D eigenvalue weighted by Crippen LogP contribution is 2.20.